The maximum atomic E-state index is 13.3. The molecule has 33 heavy (non-hydrogen) atoms. The summed E-state index contributed by atoms with van der Waals surface area (Å²) >= 11 is 5.66. The average Bonchev–Trinajstić information content (AvgIpc) is 2.79. The Morgan fingerprint density at radius 3 is 2.33 bits per heavy atom. The van der Waals surface area contributed by atoms with Crippen LogP contribution in [-0.4, -0.2) is 26.8 Å². The van der Waals surface area contributed by atoms with Crippen molar-refractivity contribution in [3.63, 3.8) is 0 Å². The third-order valence-corrected chi connectivity index (χ3v) is 6.22. The van der Waals surface area contributed by atoms with Crippen molar-refractivity contribution in [1.29, 1.82) is 0 Å². The number of hydrogen-bond acceptors (Lipinski definition) is 4. The number of sulfonamides is 1. The van der Waals surface area contributed by atoms with Crippen molar-refractivity contribution >= 4 is 44.8 Å². The number of halogens is 2. The van der Waals surface area contributed by atoms with E-state index in [1.807, 2.05) is 6.92 Å². The van der Waals surface area contributed by atoms with Crippen molar-refractivity contribution in [2.75, 3.05) is 16.6 Å². The molecule has 3 aromatic rings. The second kappa shape index (κ2) is 10.5. The minimum absolute atomic E-state index is 0.200. The average molecular weight is 490 g/mol. The SMILES string of the molecule is CCCNC(=O)c1ccccc1NC(=O)c1ccc(NS(=O)(=O)c2ccc(F)c(Cl)c2)cc1. The summed E-state index contributed by atoms with van der Waals surface area (Å²) in [5.74, 6) is -1.49. The number of para-hydroxylation sites is 1. The number of rotatable bonds is 8. The maximum Gasteiger partial charge on any atom is 0.261 e. The quantitative estimate of drug-likeness (QED) is 0.427. The third kappa shape index (κ3) is 6.09. The number of carbonyl (C=O) groups excluding carboxylic acids is 2. The Kier molecular flexibility index (Phi) is 7.67. The first-order valence-corrected chi connectivity index (χ1v) is 11.8. The van der Waals surface area contributed by atoms with E-state index in [0.717, 1.165) is 24.6 Å². The molecule has 2 amide bonds. The lowest BCUT2D eigenvalue weighted by Gasteiger charge is -2.12. The van der Waals surface area contributed by atoms with Crippen LogP contribution in [0.4, 0.5) is 15.8 Å². The fourth-order valence-electron chi connectivity index (χ4n) is 2.87. The Labute approximate surface area is 196 Å². The normalized spacial score (nSPS) is 11.0. The number of carbonyl (C=O) groups is 2. The van der Waals surface area contributed by atoms with Crippen LogP contribution in [-0.2, 0) is 10.0 Å². The van der Waals surface area contributed by atoms with Gasteiger partial charge in [0.2, 0.25) is 0 Å². The molecule has 0 atom stereocenters. The Balaban J connectivity index is 1.72. The lowest BCUT2D eigenvalue weighted by molar-refractivity contribution is 0.0954. The molecule has 0 saturated heterocycles. The molecular weight excluding hydrogens is 469 g/mol. The largest absolute Gasteiger partial charge is 0.352 e. The van der Waals surface area contributed by atoms with E-state index in [2.05, 4.69) is 15.4 Å². The summed E-state index contributed by atoms with van der Waals surface area (Å²) in [7, 11) is -4.00. The van der Waals surface area contributed by atoms with Crippen molar-refractivity contribution in [3.8, 4) is 0 Å². The summed E-state index contributed by atoms with van der Waals surface area (Å²) in [5.41, 5.74) is 1.15. The smallest absolute Gasteiger partial charge is 0.261 e. The van der Waals surface area contributed by atoms with E-state index in [4.69, 9.17) is 11.6 Å². The van der Waals surface area contributed by atoms with Crippen molar-refractivity contribution in [2.45, 2.75) is 18.2 Å². The fraction of sp³-hybridized carbons (Fsp3) is 0.130. The maximum absolute atomic E-state index is 13.3. The van der Waals surface area contributed by atoms with Crippen LogP contribution in [0.15, 0.2) is 71.6 Å². The van der Waals surface area contributed by atoms with E-state index >= 15 is 0 Å². The first-order chi connectivity index (χ1) is 15.7. The molecule has 0 saturated carbocycles. The van der Waals surface area contributed by atoms with Crippen LogP contribution in [0.5, 0.6) is 0 Å². The molecule has 0 radical (unpaired) electrons. The second-order valence-electron chi connectivity index (χ2n) is 7.01. The standard InChI is InChI=1S/C23H21ClFN3O4S/c1-2-13-26-23(30)18-5-3-4-6-21(18)27-22(29)15-7-9-16(10-8-15)28-33(31,32)17-11-12-20(25)19(24)14-17/h3-12,14,28H,2,13H2,1H3,(H,26,30)(H,27,29). The number of amides is 2. The van der Waals surface area contributed by atoms with Gasteiger partial charge in [-0.15, -0.1) is 0 Å². The summed E-state index contributed by atoms with van der Waals surface area (Å²) in [6, 6.07) is 15.4. The molecule has 0 aliphatic rings. The Hall–Kier alpha value is -3.43. The van der Waals surface area contributed by atoms with E-state index in [1.165, 1.54) is 24.3 Å². The summed E-state index contributed by atoms with van der Waals surface area (Å²) in [5, 5.41) is 5.16. The zero-order chi connectivity index (χ0) is 24.0. The minimum Gasteiger partial charge on any atom is -0.352 e. The van der Waals surface area contributed by atoms with Crippen LogP contribution in [0, 0.1) is 5.82 Å². The van der Waals surface area contributed by atoms with E-state index in [0.29, 0.717) is 17.8 Å². The molecule has 0 unspecified atom stereocenters. The van der Waals surface area contributed by atoms with Crippen molar-refractivity contribution < 1.29 is 22.4 Å². The molecule has 0 aliphatic heterocycles. The minimum atomic E-state index is -4.00. The summed E-state index contributed by atoms with van der Waals surface area (Å²) < 4.78 is 40.6. The molecule has 3 aromatic carbocycles. The molecule has 172 valence electrons. The van der Waals surface area contributed by atoms with Crippen LogP contribution >= 0.6 is 11.6 Å². The van der Waals surface area contributed by atoms with Crippen molar-refractivity contribution in [3.05, 3.63) is 88.7 Å². The Morgan fingerprint density at radius 2 is 1.67 bits per heavy atom. The van der Waals surface area contributed by atoms with Gasteiger partial charge in [0.1, 0.15) is 5.82 Å². The van der Waals surface area contributed by atoms with Gasteiger partial charge in [-0.05, 0) is 61.0 Å². The number of nitrogens with one attached hydrogen (secondary N) is 3. The van der Waals surface area contributed by atoms with Gasteiger partial charge in [0, 0.05) is 17.8 Å². The van der Waals surface area contributed by atoms with Gasteiger partial charge < -0.3 is 10.6 Å². The predicted molar refractivity (Wildman–Crippen MR) is 126 cm³/mol. The Morgan fingerprint density at radius 1 is 0.970 bits per heavy atom. The topological polar surface area (TPSA) is 104 Å². The highest BCUT2D eigenvalue weighted by atomic mass is 35.5. The van der Waals surface area contributed by atoms with Gasteiger partial charge in [0.05, 0.1) is 21.2 Å². The van der Waals surface area contributed by atoms with Crippen LogP contribution < -0.4 is 15.4 Å². The molecule has 0 aromatic heterocycles. The lowest BCUT2D eigenvalue weighted by Crippen LogP contribution is -2.25. The first kappa shape index (κ1) is 24.2. The van der Waals surface area contributed by atoms with Crippen molar-refractivity contribution in [1.82, 2.24) is 5.32 Å². The van der Waals surface area contributed by atoms with Gasteiger partial charge in [-0.25, -0.2) is 12.8 Å². The van der Waals surface area contributed by atoms with Gasteiger partial charge in [-0.2, -0.15) is 0 Å². The molecule has 3 rings (SSSR count). The highest BCUT2D eigenvalue weighted by molar-refractivity contribution is 7.92. The summed E-state index contributed by atoms with van der Waals surface area (Å²) in [6.45, 7) is 2.45. The molecular formula is C23H21ClFN3O4S. The monoisotopic (exact) mass is 489 g/mol. The molecule has 0 fully saturated rings. The molecule has 10 heteroatoms. The van der Waals surface area contributed by atoms with E-state index < -0.39 is 21.7 Å². The number of hydrogen-bond donors (Lipinski definition) is 3. The van der Waals surface area contributed by atoms with E-state index in [1.54, 1.807) is 24.3 Å². The molecule has 0 spiro atoms. The van der Waals surface area contributed by atoms with Gasteiger partial charge in [-0.3, -0.25) is 14.3 Å². The predicted octanol–water partition coefficient (Wildman–Crippen LogP) is 4.67. The molecule has 0 bridgehead atoms. The van der Waals surface area contributed by atoms with Gasteiger partial charge >= 0.3 is 0 Å². The summed E-state index contributed by atoms with van der Waals surface area (Å²) in [4.78, 5) is 24.8. The molecule has 3 N–H and O–H groups in total. The van der Waals surface area contributed by atoms with Crippen LogP contribution in [0.25, 0.3) is 0 Å². The zero-order valence-electron chi connectivity index (χ0n) is 17.6. The summed E-state index contributed by atoms with van der Waals surface area (Å²) in [6.07, 6.45) is 0.782. The van der Waals surface area contributed by atoms with E-state index in [-0.39, 0.29) is 27.1 Å². The highest BCUT2D eigenvalue weighted by Crippen LogP contribution is 2.22. The first-order valence-electron chi connectivity index (χ1n) is 9.98. The van der Waals surface area contributed by atoms with E-state index in [9.17, 15) is 22.4 Å². The van der Waals surface area contributed by atoms with Gasteiger partial charge in [0.15, 0.2) is 0 Å². The number of anilines is 2. The third-order valence-electron chi connectivity index (χ3n) is 4.56. The second-order valence-corrected chi connectivity index (χ2v) is 9.10. The molecule has 0 aliphatic carbocycles. The van der Waals surface area contributed by atoms with Crippen LogP contribution in [0.1, 0.15) is 34.1 Å². The van der Waals surface area contributed by atoms with Gasteiger partial charge in [-0.1, -0.05) is 30.7 Å². The fourth-order valence-corrected chi connectivity index (χ4v) is 4.20. The van der Waals surface area contributed by atoms with Crippen LogP contribution in [0.2, 0.25) is 5.02 Å². The zero-order valence-corrected chi connectivity index (χ0v) is 19.1. The van der Waals surface area contributed by atoms with Crippen molar-refractivity contribution in [2.24, 2.45) is 0 Å². The number of benzene rings is 3. The van der Waals surface area contributed by atoms with Crippen LogP contribution in [0.3, 0.4) is 0 Å². The molecule has 7 nitrogen and oxygen atoms in total. The Bertz CT molecular complexity index is 1280. The van der Waals surface area contributed by atoms with Gasteiger partial charge in [0.25, 0.3) is 21.8 Å². The highest BCUT2D eigenvalue weighted by Gasteiger charge is 2.17. The lowest BCUT2D eigenvalue weighted by atomic mass is 10.1. The molecule has 0 heterocycles.